The van der Waals surface area contributed by atoms with E-state index in [2.05, 4.69) is 5.32 Å². The van der Waals surface area contributed by atoms with Crippen LogP contribution in [0.1, 0.15) is 22.8 Å². The Kier molecular flexibility index (Phi) is 3.74. The van der Waals surface area contributed by atoms with Gasteiger partial charge < -0.3 is 15.1 Å². The maximum absolute atomic E-state index is 12.5. The van der Waals surface area contributed by atoms with Gasteiger partial charge in [-0.15, -0.1) is 0 Å². The van der Waals surface area contributed by atoms with Crippen molar-refractivity contribution in [2.75, 3.05) is 19.6 Å². The second-order valence-corrected chi connectivity index (χ2v) is 5.72. The number of nitriles is 1. The normalized spacial score (nSPS) is 23.8. The molecule has 2 saturated heterocycles. The van der Waals surface area contributed by atoms with Crippen molar-refractivity contribution >= 4 is 17.7 Å². The summed E-state index contributed by atoms with van der Waals surface area (Å²) < 4.78 is 0. The van der Waals surface area contributed by atoms with Crippen LogP contribution in [0.3, 0.4) is 0 Å². The average molecular weight is 312 g/mol. The topological polar surface area (TPSA) is 93.5 Å². The van der Waals surface area contributed by atoms with Crippen molar-refractivity contribution in [1.82, 2.24) is 15.1 Å². The number of amides is 3. The molecule has 2 aliphatic rings. The average Bonchev–Trinajstić information content (AvgIpc) is 2.59. The summed E-state index contributed by atoms with van der Waals surface area (Å²) in [5.74, 6) is -0.539. The maximum atomic E-state index is 12.5. The van der Waals surface area contributed by atoms with Crippen molar-refractivity contribution in [2.45, 2.75) is 19.0 Å². The van der Waals surface area contributed by atoms with E-state index < -0.39 is 12.1 Å². The minimum Gasteiger partial charge on any atom is -0.343 e. The molecule has 3 rings (SSSR count). The van der Waals surface area contributed by atoms with Gasteiger partial charge in [-0.25, -0.2) is 0 Å². The number of hydrogen-bond acceptors (Lipinski definition) is 4. The number of carbonyl (C=O) groups excluding carboxylic acids is 3. The van der Waals surface area contributed by atoms with Crippen LogP contribution in [-0.2, 0) is 9.59 Å². The fourth-order valence-corrected chi connectivity index (χ4v) is 2.95. The molecule has 2 unspecified atom stereocenters. The molecule has 0 aliphatic carbocycles. The number of carbonyl (C=O) groups is 3. The maximum Gasteiger partial charge on any atom is 0.253 e. The molecule has 3 amide bonds. The second-order valence-electron chi connectivity index (χ2n) is 5.72. The van der Waals surface area contributed by atoms with Crippen LogP contribution >= 0.6 is 0 Å². The summed E-state index contributed by atoms with van der Waals surface area (Å²) in [6.45, 7) is 2.58. The van der Waals surface area contributed by atoms with Crippen LogP contribution in [-0.4, -0.2) is 59.2 Å². The Bertz CT molecular complexity index is 707. The van der Waals surface area contributed by atoms with Crippen LogP contribution in [0.25, 0.3) is 0 Å². The lowest BCUT2D eigenvalue weighted by Crippen LogP contribution is -2.69. The van der Waals surface area contributed by atoms with Gasteiger partial charge in [0.2, 0.25) is 11.8 Å². The zero-order valence-corrected chi connectivity index (χ0v) is 12.7. The van der Waals surface area contributed by atoms with E-state index in [1.54, 1.807) is 41.0 Å². The third-order valence-corrected chi connectivity index (χ3v) is 4.24. The summed E-state index contributed by atoms with van der Waals surface area (Å²) in [7, 11) is 0. The Labute approximate surface area is 133 Å². The summed E-state index contributed by atoms with van der Waals surface area (Å²) in [5, 5.41) is 11.4. The van der Waals surface area contributed by atoms with Crippen molar-refractivity contribution in [3.05, 3.63) is 35.4 Å². The van der Waals surface area contributed by atoms with Crippen LogP contribution in [0.4, 0.5) is 0 Å². The first kappa shape index (κ1) is 15.0. The van der Waals surface area contributed by atoms with Gasteiger partial charge in [-0.1, -0.05) is 0 Å². The van der Waals surface area contributed by atoms with Gasteiger partial charge in [0.05, 0.1) is 18.2 Å². The number of piperazine rings is 2. The number of fused-ring (bicyclic) bond motifs is 1. The molecule has 7 heteroatoms. The molecule has 0 bridgehead atoms. The van der Waals surface area contributed by atoms with Gasteiger partial charge in [0.25, 0.3) is 5.91 Å². The van der Waals surface area contributed by atoms with E-state index >= 15 is 0 Å². The number of nitrogens with zero attached hydrogens (tertiary/aromatic N) is 3. The zero-order valence-electron chi connectivity index (χ0n) is 12.7. The first-order valence-electron chi connectivity index (χ1n) is 7.41. The molecule has 2 aliphatic heterocycles. The highest BCUT2D eigenvalue weighted by Crippen LogP contribution is 2.18. The van der Waals surface area contributed by atoms with Crippen LogP contribution in [0, 0.1) is 11.3 Å². The monoisotopic (exact) mass is 312 g/mol. The molecule has 1 aromatic carbocycles. The largest absolute Gasteiger partial charge is 0.343 e. The standard InChI is InChI=1S/C16H16N4O3/c1-10-15(22)20-7-6-19(9-13(20)14(21)18-10)16(23)12-4-2-11(8-17)3-5-12/h2-5,10,13H,6-7,9H2,1H3,(H,18,21). The van der Waals surface area contributed by atoms with Crippen LogP contribution in [0.5, 0.6) is 0 Å². The highest BCUT2D eigenvalue weighted by atomic mass is 16.2. The van der Waals surface area contributed by atoms with Crippen LogP contribution < -0.4 is 5.32 Å². The number of rotatable bonds is 1. The molecule has 0 aromatic heterocycles. The first-order valence-corrected chi connectivity index (χ1v) is 7.41. The lowest BCUT2D eigenvalue weighted by atomic mass is 10.0. The highest BCUT2D eigenvalue weighted by Gasteiger charge is 2.42. The quantitative estimate of drug-likeness (QED) is 0.772. The molecule has 2 fully saturated rings. The lowest BCUT2D eigenvalue weighted by molar-refractivity contribution is -0.151. The molecule has 7 nitrogen and oxygen atoms in total. The zero-order chi connectivity index (χ0) is 16.6. The summed E-state index contributed by atoms with van der Waals surface area (Å²) in [6, 6.07) is 7.23. The van der Waals surface area contributed by atoms with E-state index in [1.807, 2.05) is 6.07 Å². The van der Waals surface area contributed by atoms with E-state index in [0.717, 1.165) is 0 Å². The Morgan fingerprint density at radius 1 is 1.26 bits per heavy atom. The van der Waals surface area contributed by atoms with E-state index in [9.17, 15) is 14.4 Å². The molecule has 0 radical (unpaired) electrons. The third kappa shape index (κ3) is 2.63. The Morgan fingerprint density at radius 2 is 1.96 bits per heavy atom. The van der Waals surface area contributed by atoms with Crippen molar-refractivity contribution in [2.24, 2.45) is 0 Å². The lowest BCUT2D eigenvalue weighted by Gasteiger charge is -2.44. The molecule has 2 atom stereocenters. The molecule has 1 aromatic rings. The number of nitrogens with one attached hydrogen (secondary N) is 1. The van der Waals surface area contributed by atoms with Gasteiger partial charge in [-0.3, -0.25) is 14.4 Å². The van der Waals surface area contributed by atoms with Gasteiger partial charge in [0.15, 0.2) is 0 Å². The summed E-state index contributed by atoms with van der Waals surface area (Å²) in [4.78, 5) is 39.8. The van der Waals surface area contributed by atoms with Crippen molar-refractivity contribution < 1.29 is 14.4 Å². The molecule has 23 heavy (non-hydrogen) atoms. The minimum absolute atomic E-state index is 0.111. The van der Waals surface area contributed by atoms with Crippen molar-refractivity contribution in [1.29, 1.82) is 5.26 Å². The molecule has 1 N–H and O–H groups in total. The molecular formula is C16H16N4O3. The van der Waals surface area contributed by atoms with E-state index in [4.69, 9.17) is 5.26 Å². The van der Waals surface area contributed by atoms with Crippen molar-refractivity contribution in [3.8, 4) is 6.07 Å². The van der Waals surface area contributed by atoms with E-state index in [-0.39, 0.29) is 24.3 Å². The van der Waals surface area contributed by atoms with Crippen LogP contribution in [0.15, 0.2) is 24.3 Å². The van der Waals surface area contributed by atoms with Gasteiger partial charge >= 0.3 is 0 Å². The SMILES string of the molecule is CC1NC(=O)C2CN(C(=O)c3ccc(C#N)cc3)CCN2C1=O. The smallest absolute Gasteiger partial charge is 0.253 e. The number of benzene rings is 1. The van der Waals surface area contributed by atoms with E-state index in [1.165, 1.54) is 0 Å². The summed E-state index contributed by atoms with van der Waals surface area (Å²) >= 11 is 0. The van der Waals surface area contributed by atoms with Gasteiger partial charge in [0, 0.05) is 18.7 Å². The number of hydrogen-bond donors (Lipinski definition) is 1. The predicted molar refractivity (Wildman–Crippen MR) is 80.2 cm³/mol. The minimum atomic E-state index is -0.630. The Hall–Kier alpha value is -2.88. The van der Waals surface area contributed by atoms with E-state index in [0.29, 0.717) is 24.2 Å². The van der Waals surface area contributed by atoms with Crippen molar-refractivity contribution in [3.63, 3.8) is 0 Å². The Balaban J connectivity index is 1.75. The predicted octanol–water partition coefficient (Wildman–Crippen LogP) is -0.270. The van der Waals surface area contributed by atoms with Gasteiger partial charge in [0.1, 0.15) is 12.1 Å². The summed E-state index contributed by atoms with van der Waals surface area (Å²) in [5.41, 5.74) is 0.950. The molecule has 0 spiro atoms. The molecule has 0 saturated carbocycles. The molecule has 118 valence electrons. The first-order chi connectivity index (χ1) is 11.0. The summed E-state index contributed by atoms with van der Waals surface area (Å²) in [6.07, 6.45) is 0. The molecule has 2 heterocycles. The van der Waals surface area contributed by atoms with Crippen LogP contribution in [0.2, 0.25) is 0 Å². The third-order valence-electron chi connectivity index (χ3n) is 4.24. The highest BCUT2D eigenvalue weighted by molar-refractivity contribution is 5.99. The second kappa shape index (κ2) is 5.72. The molecular weight excluding hydrogens is 296 g/mol. The Morgan fingerprint density at radius 3 is 2.61 bits per heavy atom. The fourth-order valence-electron chi connectivity index (χ4n) is 2.95. The fraction of sp³-hybridized carbons (Fsp3) is 0.375. The van der Waals surface area contributed by atoms with Gasteiger partial charge in [-0.2, -0.15) is 5.26 Å². The van der Waals surface area contributed by atoms with Gasteiger partial charge in [-0.05, 0) is 31.2 Å².